The Morgan fingerprint density at radius 2 is 2.38 bits per heavy atom. The third-order valence-corrected chi connectivity index (χ3v) is 1.84. The van der Waals surface area contributed by atoms with Gasteiger partial charge in [0.1, 0.15) is 0 Å². The summed E-state index contributed by atoms with van der Waals surface area (Å²) >= 11 is 7.30. The number of allylic oxidation sites excluding steroid dienone is 1. The summed E-state index contributed by atoms with van der Waals surface area (Å²) in [6.07, 6.45) is 3.15. The molecule has 0 unspecified atom stereocenters. The Labute approximate surface area is 60.3 Å². The van der Waals surface area contributed by atoms with Gasteiger partial charge in [-0.15, -0.1) is 11.6 Å². The lowest BCUT2D eigenvalue weighted by Gasteiger charge is -1.95. The number of alkyl halides is 1. The van der Waals surface area contributed by atoms with Gasteiger partial charge in [0.25, 0.3) is 0 Å². The van der Waals surface area contributed by atoms with Gasteiger partial charge in [0.2, 0.25) is 0 Å². The van der Waals surface area contributed by atoms with Gasteiger partial charge in [0, 0.05) is 5.88 Å². The normalized spacial score (nSPS) is 9.25. The van der Waals surface area contributed by atoms with Crippen molar-refractivity contribution >= 4 is 23.4 Å². The highest BCUT2D eigenvalue weighted by molar-refractivity contribution is 7.98. The second-order valence-corrected chi connectivity index (χ2v) is 2.88. The molecule has 0 saturated heterocycles. The Kier molecular flexibility index (Phi) is 5.78. The lowest BCUT2D eigenvalue weighted by atomic mass is 10.3. The van der Waals surface area contributed by atoms with Crippen LogP contribution in [0, 0.1) is 0 Å². The van der Waals surface area contributed by atoms with E-state index in [4.69, 9.17) is 11.6 Å². The number of rotatable bonds is 4. The van der Waals surface area contributed by atoms with Crippen LogP contribution in [0.25, 0.3) is 0 Å². The minimum Gasteiger partial charge on any atom is -0.165 e. The van der Waals surface area contributed by atoms with Crippen LogP contribution in [0.5, 0.6) is 0 Å². The van der Waals surface area contributed by atoms with Crippen LogP contribution in [0.2, 0.25) is 0 Å². The number of halogens is 1. The van der Waals surface area contributed by atoms with E-state index in [0.717, 1.165) is 17.7 Å². The number of thioether (sulfide) groups is 1. The summed E-state index contributed by atoms with van der Waals surface area (Å²) in [5.41, 5.74) is 1.14. The molecule has 0 heterocycles. The van der Waals surface area contributed by atoms with Gasteiger partial charge in [-0.2, -0.15) is 11.8 Å². The van der Waals surface area contributed by atoms with Gasteiger partial charge < -0.3 is 0 Å². The molecule has 48 valence electrons. The van der Waals surface area contributed by atoms with Crippen molar-refractivity contribution in [2.24, 2.45) is 0 Å². The summed E-state index contributed by atoms with van der Waals surface area (Å²) < 4.78 is 0. The van der Waals surface area contributed by atoms with Crippen LogP contribution >= 0.6 is 23.4 Å². The van der Waals surface area contributed by atoms with Crippen molar-refractivity contribution < 1.29 is 0 Å². The summed E-state index contributed by atoms with van der Waals surface area (Å²) in [6.45, 7) is 3.77. The Bertz CT molecular complexity index is 70.9. The van der Waals surface area contributed by atoms with Crippen LogP contribution < -0.4 is 0 Å². The molecule has 8 heavy (non-hydrogen) atoms. The average molecular weight is 151 g/mol. The third kappa shape index (κ3) is 4.54. The third-order valence-electron chi connectivity index (χ3n) is 0.849. The molecule has 0 aromatic heterocycles. The summed E-state index contributed by atoms with van der Waals surface area (Å²) in [5, 5.41) is 0. The largest absolute Gasteiger partial charge is 0.165 e. The van der Waals surface area contributed by atoms with E-state index >= 15 is 0 Å². The van der Waals surface area contributed by atoms with Crippen LogP contribution in [0.4, 0.5) is 0 Å². The summed E-state index contributed by atoms with van der Waals surface area (Å²) in [5.74, 6) is 1.76. The predicted molar refractivity (Wildman–Crippen MR) is 42.9 cm³/mol. The highest BCUT2D eigenvalue weighted by atomic mass is 35.5. The van der Waals surface area contributed by atoms with Crippen molar-refractivity contribution in [1.82, 2.24) is 0 Å². The first kappa shape index (κ1) is 8.38. The van der Waals surface area contributed by atoms with E-state index in [2.05, 4.69) is 12.8 Å². The summed E-state index contributed by atoms with van der Waals surface area (Å²) in [6, 6.07) is 0. The molecule has 0 aromatic carbocycles. The topological polar surface area (TPSA) is 0 Å². The van der Waals surface area contributed by atoms with Crippen molar-refractivity contribution in [3.63, 3.8) is 0 Å². The molecule has 0 aliphatic rings. The van der Waals surface area contributed by atoms with Crippen LogP contribution in [-0.4, -0.2) is 17.9 Å². The maximum atomic E-state index is 5.48. The van der Waals surface area contributed by atoms with E-state index < -0.39 is 0 Å². The van der Waals surface area contributed by atoms with Crippen molar-refractivity contribution in [2.45, 2.75) is 6.42 Å². The minimum absolute atomic E-state index is 0.612. The zero-order valence-electron chi connectivity index (χ0n) is 5.11. The molecular weight excluding hydrogens is 140 g/mol. The van der Waals surface area contributed by atoms with Crippen molar-refractivity contribution in [1.29, 1.82) is 0 Å². The first-order valence-corrected chi connectivity index (χ1v) is 4.45. The van der Waals surface area contributed by atoms with E-state index in [1.165, 1.54) is 0 Å². The van der Waals surface area contributed by atoms with Gasteiger partial charge >= 0.3 is 0 Å². The van der Waals surface area contributed by atoms with E-state index in [0.29, 0.717) is 5.88 Å². The lowest BCUT2D eigenvalue weighted by molar-refractivity contribution is 1.13. The van der Waals surface area contributed by atoms with Gasteiger partial charge in [0.05, 0.1) is 0 Å². The van der Waals surface area contributed by atoms with Crippen molar-refractivity contribution in [3.8, 4) is 0 Å². The first-order valence-electron chi connectivity index (χ1n) is 2.52. The molecular formula is C6H11ClS. The molecule has 0 N–H and O–H groups in total. The highest BCUT2D eigenvalue weighted by Gasteiger charge is 1.88. The Hall–Kier alpha value is 0.380. The van der Waals surface area contributed by atoms with E-state index in [-0.39, 0.29) is 0 Å². The van der Waals surface area contributed by atoms with Gasteiger partial charge in [-0.3, -0.25) is 0 Å². The van der Waals surface area contributed by atoms with E-state index in [1.54, 1.807) is 0 Å². The molecule has 0 atom stereocenters. The quantitative estimate of drug-likeness (QED) is 0.439. The molecule has 0 bridgehead atoms. The predicted octanol–water partition coefficient (Wildman–Crippen LogP) is 2.53. The summed E-state index contributed by atoms with van der Waals surface area (Å²) in [4.78, 5) is 0. The monoisotopic (exact) mass is 150 g/mol. The molecule has 0 saturated carbocycles. The Balaban J connectivity index is 2.99. The Morgan fingerprint density at radius 3 is 2.75 bits per heavy atom. The second kappa shape index (κ2) is 5.52. The van der Waals surface area contributed by atoms with Gasteiger partial charge in [-0.05, 0) is 18.4 Å². The second-order valence-electron chi connectivity index (χ2n) is 1.63. The van der Waals surface area contributed by atoms with E-state index in [9.17, 15) is 0 Å². The fraction of sp³-hybridized carbons (Fsp3) is 0.667. The van der Waals surface area contributed by atoms with Crippen LogP contribution in [0.15, 0.2) is 12.2 Å². The fourth-order valence-corrected chi connectivity index (χ4v) is 0.940. The van der Waals surface area contributed by atoms with Gasteiger partial charge in [-0.1, -0.05) is 12.2 Å². The van der Waals surface area contributed by atoms with Gasteiger partial charge in [0.15, 0.2) is 0 Å². The maximum Gasteiger partial charge on any atom is 0.0431 e. The zero-order valence-corrected chi connectivity index (χ0v) is 6.69. The Morgan fingerprint density at radius 1 is 1.75 bits per heavy atom. The van der Waals surface area contributed by atoms with Crippen LogP contribution in [0.1, 0.15) is 6.42 Å². The van der Waals surface area contributed by atoms with E-state index in [1.807, 2.05) is 11.8 Å². The molecule has 0 aliphatic heterocycles. The molecule has 0 rings (SSSR count). The highest BCUT2D eigenvalue weighted by Crippen LogP contribution is 2.04. The zero-order chi connectivity index (χ0) is 6.41. The van der Waals surface area contributed by atoms with Gasteiger partial charge in [-0.25, -0.2) is 0 Å². The maximum absolute atomic E-state index is 5.48. The van der Waals surface area contributed by atoms with Crippen LogP contribution in [0.3, 0.4) is 0 Å². The molecule has 0 fully saturated rings. The molecule has 0 aliphatic carbocycles. The lowest BCUT2D eigenvalue weighted by Crippen LogP contribution is -1.84. The molecule has 2 heteroatoms. The molecule has 0 nitrogen and oxygen atoms in total. The number of hydrogen-bond donors (Lipinski definition) is 0. The van der Waals surface area contributed by atoms with Crippen molar-refractivity contribution in [2.75, 3.05) is 17.9 Å². The fourth-order valence-electron chi connectivity index (χ4n) is 0.313. The smallest absolute Gasteiger partial charge is 0.0431 e. The molecule has 0 radical (unpaired) electrons. The number of hydrogen-bond acceptors (Lipinski definition) is 1. The summed E-state index contributed by atoms with van der Waals surface area (Å²) in [7, 11) is 0. The minimum atomic E-state index is 0.612. The SMILES string of the molecule is C=C(CCl)CCSC. The molecule has 0 amide bonds. The molecule has 0 spiro atoms. The van der Waals surface area contributed by atoms with Crippen molar-refractivity contribution in [3.05, 3.63) is 12.2 Å². The average Bonchev–Trinajstić information content (AvgIpc) is 1.83. The first-order chi connectivity index (χ1) is 3.81. The molecule has 0 aromatic rings. The standard InChI is InChI=1S/C6H11ClS/c1-6(5-7)3-4-8-2/h1,3-5H2,2H3. The van der Waals surface area contributed by atoms with Crippen LogP contribution in [-0.2, 0) is 0 Å².